The van der Waals surface area contributed by atoms with Gasteiger partial charge < -0.3 is 5.32 Å². The van der Waals surface area contributed by atoms with Gasteiger partial charge in [-0.3, -0.25) is 9.59 Å². The third-order valence-corrected chi connectivity index (χ3v) is 4.08. The number of carbonyl (C=O) groups is 2. The largest absolute Gasteiger partial charge is 0.326 e. The standard InChI is InChI=1S/C23H21N3O2/c27-22(24-20-14-8-3-9-15-20)17-16-21(18-10-4-1-5-11-18)25-26-23(28)19-12-6-2-7-13-19/h1-15H,16-17H2,(H,24,27)(H,26,28). The molecule has 0 aromatic heterocycles. The molecule has 0 aliphatic carbocycles. The van der Waals surface area contributed by atoms with Crippen LogP contribution >= 0.6 is 0 Å². The van der Waals surface area contributed by atoms with Crippen LogP contribution < -0.4 is 10.7 Å². The van der Waals surface area contributed by atoms with Crippen LogP contribution in [0.4, 0.5) is 5.69 Å². The molecule has 0 atom stereocenters. The molecule has 2 amide bonds. The second-order valence-corrected chi connectivity index (χ2v) is 6.15. The summed E-state index contributed by atoms with van der Waals surface area (Å²) in [7, 11) is 0. The number of rotatable bonds is 7. The predicted octanol–water partition coefficient (Wildman–Crippen LogP) is 4.24. The minimum absolute atomic E-state index is 0.107. The molecule has 28 heavy (non-hydrogen) atoms. The Labute approximate surface area is 164 Å². The summed E-state index contributed by atoms with van der Waals surface area (Å²) >= 11 is 0. The van der Waals surface area contributed by atoms with E-state index in [-0.39, 0.29) is 18.2 Å². The van der Waals surface area contributed by atoms with Gasteiger partial charge in [-0.15, -0.1) is 0 Å². The van der Waals surface area contributed by atoms with Crippen LogP contribution in [0.3, 0.4) is 0 Å². The first kappa shape index (κ1) is 19.0. The Hall–Kier alpha value is -3.73. The van der Waals surface area contributed by atoms with Crippen LogP contribution in [0.1, 0.15) is 28.8 Å². The molecule has 0 aliphatic rings. The Morgan fingerprint density at radius 2 is 1.21 bits per heavy atom. The lowest BCUT2D eigenvalue weighted by molar-refractivity contribution is -0.116. The highest BCUT2D eigenvalue weighted by atomic mass is 16.2. The van der Waals surface area contributed by atoms with E-state index >= 15 is 0 Å². The molecule has 2 N–H and O–H groups in total. The van der Waals surface area contributed by atoms with Crippen LogP contribution in [0.25, 0.3) is 0 Å². The van der Waals surface area contributed by atoms with Crippen molar-refractivity contribution in [2.24, 2.45) is 5.10 Å². The summed E-state index contributed by atoms with van der Waals surface area (Å²) in [4.78, 5) is 24.5. The average Bonchev–Trinajstić information content (AvgIpc) is 2.75. The van der Waals surface area contributed by atoms with Gasteiger partial charge in [0.1, 0.15) is 0 Å². The fourth-order valence-corrected chi connectivity index (χ4v) is 2.64. The fraction of sp³-hybridized carbons (Fsp3) is 0.0870. The van der Waals surface area contributed by atoms with Gasteiger partial charge in [-0.2, -0.15) is 5.10 Å². The molecule has 5 nitrogen and oxygen atoms in total. The summed E-state index contributed by atoms with van der Waals surface area (Å²) in [5.74, 6) is -0.396. The third-order valence-electron chi connectivity index (χ3n) is 4.08. The molecule has 3 aromatic rings. The Kier molecular flexibility index (Phi) is 6.68. The molecule has 0 fully saturated rings. The number of nitrogens with zero attached hydrogens (tertiary/aromatic N) is 1. The quantitative estimate of drug-likeness (QED) is 0.482. The molecule has 0 saturated carbocycles. The minimum Gasteiger partial charge on any atom is -0.326 e. The van der Waals surface area contributed by atoms with Crippen molar-refractivity contribution in [3.05, 3.63) is 102 Å². The van der Waals surface area contributed by atoms with Crippen LogP contribution in [0.5, 0.6) is 0 Å². The molecule has 140 valence electrons. The zero-order valence-corrected chi connectivity index (χ0v) is 15.3. The van der Waals surface area contributed by atoms with Crippen LogP contribution in [-0.4, -0.2) is 17.5 Å². The molecule has 5 heteroatoms. The van der Waals surface area contributed by atoms with Crippen LogP contribution in [-0.2, 0) is 4.79 Å². The number of amides is 2. The lowest BCUT2D eigenvalue weighted by Crippen LogP contribution is -2.21. The van der Waals surface area contributed by atoms with E-state index in [4.69, 9.17) is 0 Å². The summed E-state index contributed by atoms with van der Waals surface area (Å²) in [6.07, 6.45) is 0.654. The first-order valence-electron chi connectivity index (χ1n) is 9.04. The molecule has 0 aliphatic heterocycles. The van der Waals surface area contributed by atoms with Gasteiger partial charge in [-0.05, 0) is 29.8 Å². The number of hydrazone groups is 1. The molecule has 0 radical (unpaired) electrons. The average molecular weight is 371 g/mol. The van der Waals surface area contributed by atoms with E-state index in [2.05, 4.69) is 15.8 Å². The van der Waals surface area contributed by atoms with E-state index in [1.165, 1.54) is 0 Å². The molecule has 0 heterocycles. The number of para-hydroxylation sites is 1. The number of benzene rings is 3. The van der Waals surface area contributed by atoms with Gasteiger partial charge >= 0.3 is 0 Å². The minimum atomic E-state index is -0.289. The normalized spacial score (nSPS) is 10.9. The molecular weight excluding hydrogens is 350 g/mol. The Morgan fingerprint density at radius 3 is 1.82 bits per heavy atom. The van der Waals surface area contributed by atoms with Crippen molar-refractivity contribution in [2.75, 3.05) is 5.32 Å². The lowest BCUT2D eigenvalue weighted by atomic mass is 10.1. The van der Waals surface area contributed by atoms with Gasteiger partial charge in [0.05, 0.1) is 5.71 Å². The van der Waals surface area contributed by atoms with Crippen LogP contribution in [0, 0.1) is 0 Å². The highest BCUT2D eigenvalue weighted by molar-refractivity contribution is 6.04. The van der Waals surface area contributed by atoms with Crippen molar-refractivity contribution in [3.8, 4) is 0 Å². The molecule has 0 spiro atoms. The van der Waals surface area contributed by atoms with Gasteiger partial charge in [-0.25, -0.2) is 5.43 Å². The Balaban J connectivity index is 1.67. The second-order valence-electron chi connectivity index (χ2n) is 6.15. The number of hydrogen-bond acceptors (Lipinski definition) is 3. The highest BCUT2D eigenvalue weighted by Crippen LogP contribution is 2.10. The van der Waals surface area contributed by atoms with E-state index < -0.39 is 0 Å². The summed E-state index contributed by atoms with van der Waals surface area (Å²) < 4.78 is 0. The molecule has 0 saturated heterocycles. The maximum atomic E-state index is 12.3. The van der Waals surface area contributed by atoms with Crippen molar-refractivity contribution >= 4 is 23.2 Å². The lowest BCUT2D eigenvalue weighted by Gasteiger charge is -2.09. The van der Waals surface area contributed by atoms with Crippen molar-refractivity contribution in [1.82, 2.24) is 5.43 Å². The third kappa shape index (κ3) is 5.64. The van der Waals surface area contributed by atoms with Gasteiger partial charge in [0.15, 0.2) is 0 Å². The van der Waals surface area contributed by atoms with Gasteiger partial charge in [0.25, 0.3) is 5.91 Å². The van der Waals surface area contributed by atoms with E-state index in [0.717, 1.165) is 11.3 Å². The summed E-state index contributed by atoms with van der Waals surface area (Å²) in [6, 6.07) is 27.7. The first-order valence-corrected chi connectivity index (χ1v) is 9.04. The maximum absolute atomic E-state index is 12.3. The number of hydrogen-bond donors (Lipinski definition) is 2. The van der Waals surface area contributed by atoms with Gasteiger partial charge in [0.2, 0.25) is 5.91 Å². The number of anilines is 1. The first-order chi connectivity index (χ1) is 13.7. The molecule has 0 unspecified atom stereocenters. The van der Waals surface area contributed by atoms with E-state index in [0.29, 0.717) is 17.7 Å². The van der Waals surface area contributed by atoms with E-state index in [1.54, 1.807) is 24.3 Å². The second kappa shape index (κ2) is 9.83. The van der Waals surface area contributed by atoms with Crippen LogP contribution in [0.15, 0.2) is 96.1 Å². The Morgan fingerprint density at radius 1 is 0.679 bits per heavy atom. The molecule has 0 bridgehead atoms. The highest BCUT2D eigenvalue weighted by Gasteiger charge is 2.10. The molecular formula is C23H21N3O2. The maximum Gasteiger partial charge on any atom is 0.271 e. The summed E-state index contributed by atoms with van der Waals surface area (Å²) in [6.45, 7) is 0. The van der Waals surface area contributed by atoms with Crippen molar-refractivity contribution < 1.29 is 9.59 Å². The predicted molar refractivity (Wildman–Crippen MR) is 111 cm³/mol. The van der Waals surface area contributed by atoms with Gasteiger partial charge in [-0.1, -0.05) is 66.7 Å². The summed E-state index contributed by atoms with van der Waals surface area (Å²) in [5, 5.41) is 7.14. The smallest absolute Gasteiger partial charge is 0.271 e. The monoisotopic (exact) mass is 371 g/mol. The van der Waals surface area contributed by atoms with Crippen molar-refractivity contribution in [1.29, 1.82) is 0 Å². The van der Waals surface area contributed by atoms with Crippen molar-refractivity contribution in [3.63, 3.8) is 0 Å². The van der Waals surface area contributed by atoms with E-state index in [9.17, 15) is 9.59 Å². The zero-order valence-electron chi connectivity index (χ0n) is 15.3. The number of nitrogens with one attached hydrogen (secondary N) is 2. The summed E-state index contributed by atoms with van der Waals surface area (Å²) in [5.41, 5.74) is 5.38. The molecule has 3 rings (SSSR count). The molecule has 3 aromatic carbocycles. The SMILES string of the molecule is O=C(CCC(=NNC(=O)c1ccccc1)c1ccccc1)Nc1ccccc1. The van der Waals surface area contributed by atoms with Crippen LogP contribution in [0.2, 0.25) is 0 Å². The topological polar surface area (TPSA) is 70.6 Å². The Bertz CT molecular complexity index is 939. The fourth-order valence-electron chi connectivity index (χ4n) is 2.64. The number of carbonyl (C=O) groups excluding carboxylic acids is 2. The zero-order chi connectivity index (χ0) is 19.6. The van der Waals surface area contributed by atoms with Crippen molar-refractivity contribution in [2.45, 2.75) is 12.8 Å². The van der Waals surface area contributed by atoms with E-state index in [1.807, 2.05) is 66.7 Å². The van der Waals surface area contributed by atoms with Gasteiger partial charge in [0, 0.05) is 24.1 Å².